The van der Waals surface area contributed by atoms with Gasteiger partial charge in [0, 0.05) is 11.6 Å². The molecule has 0 spiro atoms. The van der Waals surface area contributed by atoms with E-state index in [-0.39, 0.29) is 11.9 Å². The molecule has 1 aromatic heterocycles. The van der Waals surface area contributed by atoms with Gasteiger partial charge in [0.25, 0.3) is 0 Å². The molecule has 2 aliphatic rings. The average Bonchev–Trinajstić information content (AvgIpc) is 3.25. The molecule has 1 amide bonds. The predicted molar refractivity (Wildman–Crippen MR) is 70.5 cm³/mol. The molecule has 0 bridgehead atoms. The number of carbonyl (C=O) groups is 1. The third-order valence-electron chi connectivity index (χ3n) is 3.68. The first-order valence-electron chi connectivity index (χ1n) is 6.83. The van der Waals surface area contributed by atoms with Gasteiger partial charge < -0.3 is 10.6 Å². The van der Waals surface area contributed by atoms with Crippen molar-refractivity contribution in [2.75, 3.05) is 11.9 Å². The van der Waals surface area contributed by atoms with Crippen molar-refractivity contribution in [2.45, 2.75) is 44.1 Å². The molecule has 1 aliphatic heterocycles. The van der Waals surface area contributed by atoms with Gasteiger partial charge in [0.2, 0.25) is 5.91 Å². The number of hydrogen-bond donors (Lipinski definition) is 2. The van der Waals surface area contributed by atoms with E-state index in [2.05, 4.69) is 15.6 Å². The maximum absolute atomic E-state index is 12.0. The Bertz CT molecular complexity index is 419. The molecular formula is C14H19N3O. The van der Waals surface area contributed by atoms with Gasteiger partial charge in [-0.1, -0.05) is 6.42 Å². The van der Waals surface area contributed by atoms with E-state index in [9.17, 15) is 4.79 Å². The van der Waals surface area contributed by atoms with Gasteiger partial charge in [0.15, 0.2) is 0 Å². The second-order valence-corrected chi connectivity index (χ2v) is 5.24. The Labute approximate surface area is 107 Å². The third kappa shape index (κ3) is 2.70. The minimum Gasteiger partial charge on any atom is -0.323 e. The lowest BCUT2D eigenvalue weighted by atomic mass is 10.0. The predicted octanol–water partition coefficient (Wildman–Crippen LogP) is 2.04. The SMILES string of the molecule is O=C(Nc1ccc(C2CC2)nc1)[C@H]1CCCCN1. The number of carbonyl (C=O) groups excluding carboxylic acids is 1. The van der Waals surface area contributed by atoms with Crippen LogP contribution in [0.3, 0.4) is 0 Å². The number of pyridine rings is 1. The summed E-state index contributed by atoms with van der Waals surface area (Å²) in [6.07, 6.45) is 7.51. The number of amides is 1. The van der Waals surface area contributed by atoms with Crippen molar-refractivity contribution in [3.05, 3.63) is 24.0 Å². The van der Waals surface area contributed by atoms with Crippen LogP contribution in [0.5, 0.6) is 0 Å². The number of aromatic nitrogens is 1. The summed E-state index contributed by atoms with van der Waals surface area (Å²) in [6.45, 7) is 0.941. The molecule has 96 valence electrons. The largest absolute Gasteiger partial charge is 0.323 e. The van der Waals surface area contributed by atoms with E-state index in [0.717, 1.165) is 30.8 Å². The summed E-state index contributed by atoms with van der Waals surface area (Å²) in [4.78, 5) is 16.4. The summed E-state index contributed by atoms with van der Waals surface area (Å²) in [5.74, 6) is 0.727. The van der Waals surface area contributed by atoms with Crippen molar-refractivity contribution < 1.29 is 4.79 Å². The number of piperidine rings is 1. The molecule has 0 aromatic carbocycles. The maximum atomic E-state index is 12.0. The van der Waals surface area contributed by atoms with E-state index < -0.39 is 0 Å². The van der Waals surface area contributed by atoms with Crippen LogP contribution in [0.25, 0.3) is 0 Å². The zero-order valence-corrected chi connectivity index (χ0v) is 10.5. The lowest BCUT2D eigenvalue weighted by Gasteiger charge is -2.22. The lowest BCUT2D eigenvalue weighted by Crippen LogP contribution is -2.43. The monoisotopic (exact) mass is 245 g/mol. The molecule has 0 radical (unpaired) electrons. The third-order valence-corrected chi connectivity index (χ3v) is 3.68. The van der Waals surface area contributed by atoms with Crippen LogP contribution < -0.4 is 10.6 Å². The number of nitrogens with one attached hydrogen (secondary N) is 2. The summed E-state index contributed by atoms with van der Waals surface area (Å²) >= 11 is 0. The fourth-order valence-electron chi connectivity index (χ4n) is 2.40. The molecule has 1 saturated carbocycles. The highest BCUT2D eigenvalue weighted by Gasteiger charge is 2.25. The number of nitrogens with zero attached hydrogens (tertiary/aromatic N) is 1. The van der Waals surface area contributed by atoms with E-state index in [0.29, 0.717) is 5.92 Å². The molecular weight excluding hydrogens is 226 g/mol. The second-order valence-electron chi connectivity index (χ2n) is 5.24. The highest BCUT2D eigenvalue weighted by atomic mass is 16.2. The number of anilines is 1. The summed E-state index contributed by atoms with van der Waals surface area (Å²) in [6, 6.07) is 3.95. The highest BCUT2D eigenvalue weighted by Crippen LogP contribution is 2.38. The van der Waals surface area contributed by atoms with Crippen molar-refractivity contribution in [1.29, 1.82) is 0 Å². The van der Waals surface area contributed by atoms with Crippen LogP contribution in [0.4, 0.5) is 5.69 Å². The van der Waals surface area contributed by atoms with E-state index >= 15 is 0 Å². The van der Waals surface area contributed by atoms with Crippen LogP contribution in [0.2, 0.25) is 0 Å². The zero-order chi connectivity index (χ0) is 12.4. The normalized spacial score (nSPS) is 23.7. The van der Waals surface area contributed by atoms with E-state index in [1.165, 1.54) is 19.3 Å². The first-order valence-corrected chi connectivity index (χ1v) is 6.83. The fourth-order valence-corrected chi connectivity index (χ4v) is 2.40. The Morgan fingerprint density at radius 2 is 2.17 bits per heavy atom. The Morgan fingerprint density at radius 1 is 1.28 bits per heavy atom. The summed E-state index contributed by atoms with van der Waals surface area (Å²) in [7, 11) is 0. The highest BCUT2D eigenvalue weighted by molar-refractivity contribution is 5.94. The molecule has 0 unspecified atom stereocenters. The van der Waals surface area contributed by atoms with Gasteiger partial charge in [0.1, 0.15) is 0 Å². The van der Waals surface area contributed by atoms with Crippen LogP contribution in [0, 0.1) is 0 Å². The summed E-state index contributed by atoms with van der Waals surface area (Å²) < 4.78 is 0. The first-order chi connectivity index (χ1) is 8.83. The molecule has 1 aliphatic carbocycles. The van der Waals surface area contributed by atoms with Gasteiger partial charge in [-0.15, -0.1) is 0 Å². The Kier molecular flexibility index (Phi) is 3.28. The van der Waals surface area contributed by atoms with Crippen LogP contribution in [-0.4, -0.2) is 23.5 Å². The standard InChI is InChI=1S/C14H19N3O/c18-14(13-3-1-2-8-15-13)17-11-6-7-12(16-9-11)10-4-5-10/h6-7,9-10,13,15H,1-5,8H2,(H,17,18)/t13-/m1/s1. The average molecular weight is 245 g/mol. The van der Waals surface area contributed by atoms with Crippen LogP contribution >= 0.6 is 0 Å². The van der Waals surface area contributed by atoms with E-state index in [4.69, 9.17) is 0 Å². The van der Waals surface area contributed by atoms with Crippen LogP contribution in [0.15, 0.2) is 18.3 Å². The molecule has 2 heterocycles. The minimum atomic E-state index is -0.0399. The van der Waals surface area contributed by atoms with Gasteiger partial charge in [0.05, 0.1) is 17.9 Å². The molecule has 3 rings (SSSR count). The zero-order valence-electron chi connectivity index (χ0n) is 10.5. The maximum Gasteiger partial charge on any atom is 0.241 e. The number of rotatable bonds is 3. The molecule has 1 aromatic rings. The number of hydrogen-bond acceptors (Lipinski definition) is 3. The summed E-state index contributed by atoms with van der Waals surface area (Å²) in [5.41, 5.74) is 1.96. The van der Waals surface area contributed by atoms with Crippen molar-refractivity contribution in [3.63, 3.8) is 0 Å². The van der Waals surface area contributed by atoms with Gasteiger partial charge in [-0.2, -0.15) is 0 Å². The second kappa shape index (κ2) is 5.06. The van der Waals surface area contributed by atoms with Gasteiger partial charge in [-0.05, 0) is 44.4 Å². The molecule has 2 fully saturated rings. The topological polar surface area (TPSA) is 54.0 Å². The van der Waals surface area contributed by atoms with Gasteiger partial charge >= 0.3 is 0 Å². The van der Waals surface area contributed by atoms with Crippen LogP contribution in [0.1, 0.15) is 43.7 Å². The quantitative estimate of drug-likeness (QED) is 0.856. The van der Waals surface area contributed by atoms with Crippen molar-refractivity contribution in [2.24, 2.45) is 0 Å². The lowest BCUT2D eigenvalue weighted by molar-refractivity contribution is -0.118. The Hall–Kier alpha value is -1.42. The van der Waals surface area contributed by atoms with Crippen LogP contribution in [-0.2, 0) is 4.79 Å². The Balaban J connectivity index is 1.59. The summed E-state index contributed by atoms with van der Waals surface area (Å²) in [5, 5.41) is 6.18. The molecule has 18 heavy (non-hydrogen) atoms. The molecule has 1 saturated heterocycles. The van der Waals surface area contributed by atoms with Gasteiger partial charge in [-0.3, -0.25) is 9.78 Å². The molecule has 4 nitrogen and oxygen atoms in total. The van der Waals surface area contributed by atoms with E-state index in [1.807, 2.05) is 12.1 Å². The first kappa shape index (κ1) is 11.7. The fraction of sp³-hybridized carbons (Fsp3) is 0.571. The van der Waals surface area contributed by atoms with Crippen molar-refractivity contribution >= 4 is 11.6 Å². The minimum absolute atomic E-state index is 0.0399. The molecule has 2 N–H and O–H groups in total. The van der Waals surface area contributed by atoms with E-state index in [1.54, 1.807) is 6.20 Å². The molecule has 4 heteroatoms. The van der Waals surface area contributed by atoms with Gasteiger partial charge in [-0.25, -0.2) is 0 Å². The van der Waals surface area contributed by atoms with Crippen molar-refractivity contribution in [3.8, 4) is 0 Å². The van der Waals surface area contributed by atoms with Crippen molar-refractivity contribution in [1.82, 2.24) is 10.3 Å². The Morgan fingerprint density at radius 3 is 2.78 bits per heavy atom. The smallest absolute Gasteiger partial charge is 0.241 e. The molecule has 1 atom stereocenters.